The van der Waals surface area contributed by atoms with Gasteiger partial charge in [0.25, 0.3) is 0 Å². The van der Waals surface area contributed by atoms with Crippen LogP contribution in [0.5, 0.6) is 5.75 Å². The molecule has 31 heavy (non-hydrogen) atoms. The van der Waals surface area contributed by atoms with Gasteiger partial charge in [0.15, 0.2) is 5.96 Å². The Morgan fingerprint density at radius 1 is 1.10 bits per heavy atom. The van der Waals surface area contributed by atoms with Gasteiger partial charge in [-0.1, -0.05) is 24.3 Å². The van der Waals surface area contributed by atoms with E-state index in [1.807, 2.05) is 31.2 Å². The van der Waals surface area contributed by atoms with Crippen LogP contribution in [0.4, 0.5) is 4.39 Å². The van der Waals surface area contributed by atoms with Crippen molar-refractivity contribution in [1.82, 2.24) is 10.6 Å². The van der Waals surface area contributed by atoms with Gasteiger partial charge in [0.1, 0.15) is 17.2 Å². The van der Waals surface area contributed by atoms with Crippen LogP contribution in [0.25, 0.3) is 0 Å². The number of rotatable bonds is 11. The van der Waals surface area contributed by atoms with E-state index in [0.717, 1.165) is 17.7 Å². The predicted octanol–water partition coefficient (Wildman–Crippen LogP) is 3.82. The molecule has 1 unspecified atom stereocenters. The van der Waals surface area contributed by atoms with Crippen LogP contribution in [0.15, 0.2) is 53.5 Å². The smallest absolute Gasteiger partial charge is 0.191 e. The number of hydrogen-bond donors (Lipinski definition) is 3. The highest BCUT2D eigenvalue weighted by molar-refractivity contribution is 14.0. The Morgan fingerprint density at radius 3 is 2.39 bits per heavy atom. The molecule has 0 amide bonds. The molecule has 2 aromatic carbocycles. The molecule has 0 heterocycles. The minimum Gasteiger partial charge on any atom is -0.497 e. The van der Waals surface area contributed by atoms with E-state index in [2.05, 4.69) is 15.6 Å². The van der Waals surface area contributed by atoms with Gasteiger partial charge >= 0.3 is 0 Å². The van der Waals surface area contributed by atoms with Gasteiger partial charge < -0.3 is 25.2 Å². The quantitative estimate of drug-likeness (QED) is 0.173. The lowest BCUT2D eigenvalue weighted by Crippen LogP contribution is -2.45. The Kier molecular flexibility index (Phi) is 12.4. The fourth-order valence-corrected chi connectivity index (χ4v) is 2.77. The largest absolute Gasteiger partial charge is 0.497 e. The second-order valence-electron chi connectivity index (χ2n) is 7.12. The Morgan fingerprint density at radius 2 is 1.77 bits per heavy atom. The van der Waals surface area contributed by atoms with Crippen LogP contribution in [0, 0.1) is 5.82 Å². The summed E-state index contributed by atoms with van der Waals surface area (Å²) in [7, 11) is 1.63. The molecular formula is C23H33FIN3O3. The predicted molar refractivity (Wildman–Crippen MR) is 133 cm³/mol. The fourth-order valence-electron chi connectivity index (χ4n) is 2.77. The van der Waals surface area contributed by atoms with Gasteiger partial charge in [-0.2, -0.15) is 0 Å². The Bertz CT molecular complexity index is 784. The van der Waals surface area contributed by atoms with E-state index in [1.54, 1.807) is 26.2 Å². The van der Waals surface area contributed by atoms with Crippen molar-refractivity contribution < 1.29 is 19.0 Å². The molecule has 0 aliphatic heterocycles. The number of aliphatic hydroxyl groups is 1. The van der Waals surface area contributed by atoms with Gasteiger partial charge in [-0.15, -0.1) is 24.0 Å². The van der Waals surface area contributed by atoms with Crippen LogP contribution in [0.3, 0.4) is 0 Å². The van der Waals surface area contributed by atoms with Gasteiger partial charge in [0.05, 0.1) is 20.2 Å². The van der Waals surface area contributed by atoms with Crippen LogP contribution < -0.4 is 15.4 Å². The van der Waals surface area contributed by atoms with Crippen LogP contribution in [0.1, 0.15) is 31.4 Å². The molecule has 8 heteroatoms. The Balaban J connectivity index is 0.00000480. The summed E-state index contributed by atoms with van der Waals surface area (Å²) in [6.45, 7) is 6.40. The number of nitrogens with zero attached hydrogens (tertiary/aromatic N) is 1. The number of methoxy groups -OCH3 is 1. The van der Waals surface area contributed by atoms with Crippen LogP contribution in [-0.4, -0.2) is 44.5 Å². The first-order chi connectivity index (χ1) is 14.4. The van der Waals surface area contributed by atoms with Crippen LogP contribution >= 0.6 is 24.0 Å². The number of benzene rings is 2. The fraction of sp³-hybridized carbons (Fsp3) is 0.435. The third-order valence-corrected chi connectivity index (χ3v) is 4.61. The maximum atomic E-state index is 13.2. The van der Waals surface area contributed by atoms with Gasteiger partial charge in [-0.3, -0.25) is 0 Å². The average molecular weight is 545 g/mol. The first-order valence-electron chi connectivity index (χ1n) is 10.2. The van der Waals surface area contributed by atoms with Gasteiger partial charge in [0.2, 0.25) is 0 Å². The highest BCUT2D eigenvalue weighted by Gasteiger charge is 2.23. The van der Waals surface area contributed by atoms with E-state index in [1.165, 1.54) is 12.1 Å². The highest BCUT2D eigenvalue weighted by Crippen LogP contribution is 2.20. The first-order valence-corrected chi connectivity index (χ1v) is 10.2. The lowest BCUT2D eigenvalue weighted by Gasteiger charge is -2.25. The van der Waals surface area contributed by atoms with E-state index in [-0.39, 0.29) is 36.3 Å². The topological polar surface area (TPSA) is 75.1 Å². The summed E-state index contributed by atoms with van der Waals surface area (Å²) < 4.78 is 23.7. The highest BCUT2D eigenvalue weighted by atomic mass is 127. The molecule has 1 atom stereocenters. The standard InChI is InChI=1S/C23H32FN3O3.HI/c1-4-30-15-5-14-25-22(26-16-18-6-12-21(29-3)13-7-18)27-17-23(2,28)19-8-10-20(24)11-9-19;/h6-13,28H,4-5,14-17H2,1-3H3,(H2,25,26,27);1H. The zero-order chi connectivity index (χ0) is 21.8. The van der Waals surface area contributed by atoms with Crippen molar-refractivity contribution in [2.45, 2.75) is 32.4 Å². The Labute approximate surface area is 201 Å². The minimum atomic E-state index is -1.18. The average Bonchev–Trinajstić information content (AvgIpc) is 2.75. The maximum absolute atomic E-state index is 13.2. The summed E-state index contributed by atoms with van der Waals surface area (Å²) in [5, 5.41) is 17.3. The molecule has 2 rings (SSSR count). The third kappa shape index (κ3) is 9.84. The molecule has 0 aliphatic carbocycles. The molecule has 2 aromatic rings. The molecule has 0 spiro atoms. The summed E-state index contributed by atoms with van der Waals surface area (Å²) in [4.78, 5) is 4.62. The van der Waals surface area contributed by atoms with E-state index in [0.29, 0.717) is 37.8 Å². The molecule has 0 saturated carbocycles. The second-order valence-corrected chi connectivity index (χ2v) is 7.12. The number of ether oxygens (including phenoxy) is 2. The van der Waals surface area contributed by atoms with Crippen molar-refractivity contribution in [3.63, 3.8) is 0 Å². The van der Waals surface area contributed by atoms with Crippen LogP contribution in [-0.2, 0) is 16.9 Å². The summed E-state index contributed by atoms with van der Waals surface area (Å²) in [6.07, 6.45) is 0.839. The summed E-state index contributed by atoms with van der Waals surface area (Å²) in [5.74, 6) is 1.05. The lowest BCUT2D eigenvalue weighted by molar-refractivity contribution is 0.0616. The normalized spacial score (nSPS) is 13.1. The van der Waals surface area contributed by atoms with Crippen molar-refractivity contribution in [3.05, 3.63) is 65.5 Å². The molecule has 0 aliphatic rings. The number of nitrogens with one attached hydrogen (secondary N) is 2. The summed E-state index contributed by atoms with van der Waals surface area (Å²) in [6, 6.07) is 13.6. The molecule has 0 bridgehead atoms. The van der Waals surface area contributed by atoms with E-state index < -0.39 is 5.60 Å². The van der Waals surface area contributed by atoms with Crippen molar-refractivity contribution in [1.29, 1.82) is 0 Å². The summed E-state index contributed by atoms with van der Waals surface area (Å²) >= 11 is 0. The van der Waals surface area contributed by atoms with Crippen molar-refractivity contribution in [2.24, 2.45) is 4.99 Å². The van der Waals surface area contributed by atoms with E-state index in [9.17, 15) is 9.50 Å². The minimum absolute atomic E-state index is 0. The van der Waals surface area contributed by atoms with Gasteiger partial charge in [-0.05, 0) is 55.7 Å². The molecular weight excluding hydrogens is 512 g/mol. The van der Waals surface area contributed by atoms with Crippen LogP contribution in [0.2, 0.25) is 0 Å². The van der Waals surface area contributed by atoms with Gasteiger partial charge in [0, 0.05) is 19.8 Å². The lowest BCUT2D eigenvalue weighted by atomic mass is 9.96. The SMILES string of the molecule is CCOCCCNC(=NCc1ccc(OC)cc1)NCC(C)(O)c1ccc(F)cc1.I. The van der Waals surface area contributed by atoms with E-state index >= 15 is 0 Å². The number of hydrogen-bond acceptors (Lipinski definition) is 4. The second kappa shape index (κ2) is 14.2. The van der Waals surface area contributed by atoms with E-state index in [4.69, 9.17) is 9.47 Å². The molecule has 3 N–H and O–H groups in total. The zero-order valence-electron chi connectivity index (χ0n) is 18.4. The number of guanidine groups is 1. The van der Waals surface area contributed by atoms with Gasteiger partial charge in [-0.25, -0.2) is 9.38 Å². The number of halogens is 2. The Hall–Kier alpha value is -1.91. The molecule has 6 nitrogen and oxygen atoms in total. The third-order valence-electron chi connectivity index (χ3n) is 4.61. The molecule has 0 aromatic heterocycles. The molecule has 0 radical (unpaired) electrons. The zero-order valence-corrected chi connectivity index (χ0v) is 20.7. The number of aliphatic imine (C=N–C) groups is 1. The van der Waals surface area contributed by atoms with Crippen molar-refractivity contribution in [3.8, 4) is 5.75 Å². The summed E-state index contributed by atoms with van der Waals surface area (Å²) in [5.41, 5.74) is 0.487. The molecule has 0 saturated heterocycles. The molecule has 0 fully saturated rings. The molecule has 172 valence electrons. The monoisotopic (exact) mass is 545 g/mol. The van der Waals surface area contributed by atoms with Crippen molar-refractivity contribution in [2.75, 3.05) is 33.4 Å². The first kappa shape index (κ1) is 27.1. The van der Waals surface area contributed by atoms with Crippen molar-refractivity contribution >= 4 is 29.9 Å². The maximum Gasteiger partial charge on any atom is 0.191 e.